The summed E-state index contributed by atoms with van der Waals surface area (Å²) in [6.45, 7) is 0. The summed E-state index contributed by atoms with van der Waals surface area (Å²) >= 11 is 0. The van der Waals surface area contributed by atoms with Crippen LogP contribution in [0.25, 0.3) is 44.7 Å². The summed E-state index contributed by atoms with van der Waals surface area (Å²) < 4.78 is 0. The second-order valence-electron chi connectivity index (χ2n) is 14.9. The van der Waals surface area contributed by atoms with Gasteiger partial charge in [-0.3, -0.25) is 0 Å². The number of hydrogen-bond acceptors (Lipinski definition) is 1. The van der Waals surface area contributed by atoms with Gasteiger partial charge in [-0.1, -0.05) is 188 Å². The van der Waals surface area contributed by atoms with Crippen molar-refractivity contribution in [3.63, 3.8) is 0 Å². The molecule has 0 saturated heterocycles. The summed E-state index contributed by atoms with van der Waals surface area (Å²) in [7, 11) is 0. The lowest BCUT2D eigenvalue weighted by Gasteiger charge is -2.34. The van der Waals surface area contributed by atoms with E-state index in [0.29, 0.717) is 0 Å². The van der Waals surface area contributed by atoms with Crippen LogP contribution in [0.5, 0.6) is 0 Å². The van der Waals surface area contributed by atoms with Gasteiger partial charge in [-0.15, -0.1) is 0 Å². The second-order valence-corrected chi connectivity index (χ2v) is 14.9. The highest BCUT2D eigenvalue weighted by molar-refractivity contribution is 5.99. The van der Waals surface area contributed by atoms with Crippen LogP contribution >= 0.6 is 0 Å². The Morgan fingerprint density at radius 2 is 1.09 bits per heavy atom. The van der Waals surface area contributed by atoms with Crippen LogP contribution in [0.2, 0.25) is 0 Å². The molecule has 266 valence electrons. The summed E-state index contributed by atoms with van der Waals surface area (Å²) in [6, 6.07) is 70.8. The molecule has 10 rings (SSSR count). The van der Waals surface area contributed by atoms with Gasteiger partial charge in [0.05, 0.1) is 5.69 Å². The number of rotatable bonds is 8. The van der Waals surface area contributed by atoms with E-state index in [4.69, 9.17) is 0 Å². The maximum Gasteiger partial charge on any atom is 0.0540 e. The molecule has 1 heteroatoms. The molecular weight excluding hydrogens is 675 g/mol. The minimum absolute atomic E-state index is 0.269. The van der Waals surface area contributed by atoms with E-state index in [0.717, 1.165) is 17.8 Å². The van der Waals surface area contributed by atoms with Gasteiger partial charge in [0.25, 0.3) is 0 Å². The van der Waals surface area contributed by atoms with Gasteiger partial charge in [-0.25, -0.2) is 0 Å². The number of para-hydroxylation sites is 1. The zero-order chi connectivity index (χ0) is 37.3. The van der Waals surface area contributed by atoms with Crippen LogP contribution in [0.15, 0.2) is 218 Å². The largest absolute Gasteiger partial charge is 0.310 e. The fourth-order valence-electron chi connectivity index (χ4n) is 8.80. The summed E-state index contributed by atoms with van der Waals surface area (Å²) in [4.78, 5) is 2.39. The first-order valence-corrected chi connectivity index (χ1v) is 19.6. The van der Waals surface area contributed by atoms with E-state index in [1.807, 2.05) is 0 Å². The lowest BCUT2D eigenvalue weighted by Crippen LogP contribution is -2.17. The van der Waals surface area contributed by atoms with Gasteiger partial charge in [0.1, 0.15) is 0 Å². The third-order valence-corrected chi connectivity index (χ3v) is 11.5. The minimum atomic E-state index is 0.269. The molecule has 0 N–H and O–H groups in total. The molecule has 0 spiro atoms. The van der Waals surface area contributed by atoms with Crippen LogP contribution in [-0.4, -0.2) is 0 Å². The summed E-state index contributed by atoms with van der Waals surface area (Å²) in [5.74, 6) is 0.549. The molecule has 0 radical (unpaired) electrons. The van der Waals surface area contributed by atoms with Gasteiger partial charge in [0, 0.05) is 28.6 Å². The summed E-state index contributed by atoms with van der Waals surface area (Å²) in [5, 5.41) is 2.46. The molecule has 0 aromatic heterocycles. The van der Waals surface area contributed by atoms with Crippen LogP contribution in [0.3, 0.4) is 0 Å². The molecule has 0 heterocycles. The fraction of sp³-hybridized carbons (Fsp3) is 0.0545. The quantitative estimate of drug-likeness (QED) is 0.142. The molecule has 2 aliphatic rings. The Hall–Kier alpha value is -6.96. The third kappa shape index (κ3) is 6.38. The zero-order valence-electron chi connectivity index (χ0n) is 31.2. The van der Waals surface area contributed by atoms with Gasteiger partial charge < -0.3 is 4.90 Å². The molecule has 2 aliphatic carbocycles. The molecule has 1 nitrogen and oxygen atoms in total. The van der Waals surface area contributed by atoms with E-state index >= 15 is 0 Å². The topological polar surface area (TPSA) is 3.24 Å². The number of allylic oxidation sites excluding steroid dienone is 5. The molecule has 0 aliphatic heterocycles. The lowest BCUT2D eigenvalue weighted by atomic mass is 9.69. The third-order valence-electron chi connectivity index (χ3n) is 11.5. The van der Waals surface area contributed by atoms with Crippen molar-refractivity contribution >= 4 is 39.5 Å². The van der Waals surface area contributed by atoms with E-state index < -0.39 is 0 Å². The van der Waals surface area contributed by atoms with Crippen molar-refractivity contribution in [1.82, 2.24) is 0 Å². The number of fused-ring (bicyclic) bond motifs is 7. The van der Waals surface area contributed by atoms with E-state index in [-0.39, 0.29) is 11.8 Å². The molecule has 0 amide bonds. The monoisotopic (exact) mass is 715 g/mol. The average Bonchev–Trinajstić information content (AvgIpc) is 3.27. The van der Waals surface area contributed by atoms with Crippen LogP contribution in [0, 0.1) is 0 Å². The molecule has 0 bridgehead atoms. The summed E-state index contributed by atoms with van der Waals surface area (Å²) in [5.41, 5.74) is 16.5. The first kappa shape index (κ1) is 33.6. The maximum absolute atomic E-state index is 2.48. The molecule has 56 heavy (non-hydrogen) atoms. The highest BCUT2D eigenvalue weighted by Crippen LogP contribution is 2.51. The Morgan fingerprint density at radius 1 is 0.482 bits per heavy atom. The standard InChI is InChI=1S/C55H41N/c1-4-16-39(17-5-1)34-45(41-18-6-2-7-19-41)35-40-30-32-51-52-33-31-44(38-54(52)50-28-13-12-27-49(50)53(51)36-40)43-22-14-25-47(37-43)56(46-23-8-3-9-24-46)55-29-15-21-42-20-10-11-26-48(42)55/h1-34,36-38,49-50H,35H2/b45-34-. The highest BCUT2D eigenvalue weighted by atomic mass is 15.1. The van der Waals surface area contributed by atoms with E-state index in [1.54, 1.807) is 0 Å². The number of benzene rings is 8. The maximum atomic E-state index is 2.48. The smallest absolute Gasteiger partial charge is 0.0540 e. The van der Waals surface area contributed by atoms with Gasteiger partial charge >= 0.3 is 0 Å². The molecule has 0 fully saturated rings. The molecular formula is C55H41N. The Labute approximate surface area is 329 Å². The Morgan fingerprint density at radius 3 is 1.88 bits per heavy atom. The SMILES string of the molecule is C1=CC2c3cc(C/C(=C/c4ccccc4)c4ccccc4)ccc3-c3ccc(-c4cccc(N(c5ccccc5)c5cccc6ccccc56)c4)cc3C2C=C1. The van der Waals surface area contributed by atoms with Crippen LogP contribution < -0.4 is 4.90 Å². The van der Waals surface area contributed by atoms with Crippen molar-refractivity contribution in [2.75, 3.05) is 4.90 Å². The number of hydrogen-bond donors (Lipinski definition) is 0. The van der Waals surface area contributed by atoms with Gasteiger partial charge in [0.2, 0.25) is 0 Å². The van der Waals surface area contributed by atoms with Crippen molar-refractivity contribution in [3.05, 3.63) is 246 Å². The molecule has 2 atom stereocenters. The minimum Gasteiger partial charge on any atom is -0.310 e. The van der Waals surface area contributed by atoms with E-state index in [2.05, 4.69) is 229 Å². The van der Waals surface area contributed by atoms with E-state index in [9.17, 15) is 0 Å². The van der Waals surface area contributed by atoms with Crippen LogP contribution in [0.1, 0.15) is 39.7 Å². The number of anilines is 3. The Bertz CT molecular complexity index is 2770. The zero-order valence-corrected chi connectivity index (χ0v) is 31.2. The Balaban J connectivity index is 1.03. The average molecular weight is 716 g/mol. The van der Waals surface area contributed by atoms with Crippen molar-refractivity contribution in [2.24, 2.45) is 0 Å². The van der Waals surface area contributed by atoms with Crippen molar-refractivity contribution in [3.8, 4) is 22.3 Å². The lowest BCUT2D eigenvalue weighted by molar-refractivity contribution is 0.719. The first-order chi connectivity index (χ1) is 27.8. The highest BCUT2D eigenvalue weighted by Gasteiger charge is 2.32. The summed E-state index contributed by atoms with van der Waals surface area (Å²) in [6.07, 6.45) is 12.5. The van der Waals surface area contributed by atoms with Gasteiger partial charge in [-0.05, 0) is 104 Å². The van der Waals surface area contributed by atoms with E-state index in [1.165, 1.54) is 72.1 Å². The Kier molecular flexibility index (Phi) is 8.82. The van der Waals surface area contributed by atoms with Crippen molar-refractivity contribution < 1.29 is 0 Å². The predicted molar refractivity (Wildman–Crippen MR) is 238 cm³/mol. The van der Waals surface area contributed by atoms with Crippen molar-refractivity contribution in [2.45, 2.75) is 18.3 Å². The normalized spacial score (nSPS) is 15.5. The number of nitrogens with zero attached hydrogens (tertiary/aromatic N) is 1. The fourth-order valence-corrected chi connectivity index (χ4v) is 8.80. The van der Waals surface area contributed by atoms with Crippen LogP contribution in [-0.2, 0) is 6.42 Å². The molecule has 8 aromatic rings. The van der Waals surface area contributed by atoms with Crippen LogP contribution in [0.4, 0.5) is 17.1 Å². The molecule has 2 unspecified atom stereocenters. The molecule has 0 saturated carbocycles. The second kappa shape index (κ2) is 14.7. The predicted octanol–water partition coefficient (Wildman–Crippen LogP) is 14.7. The first-order valence-electron chi connectivity index (χ1n) is 19.6. The van der Waals surface area contributed by atoms with Gasteiger partial charge in [0.15, 0.2) is 0 Å². The van der Waals surface area contributed by atoms with Crippen molar-refractivity contribution in [1.29, 1.82) is 0 Å². The van der Waals surface area contributed by atoms with Gasteiger partial charge in [-0.2, -0.15) is 0 Å². The molecule has 8 aromatic carbocycles.